The van der Waals surface area contributed by atoms with Crippen molar-refractivity contribution in [3.63, 3.8) is 0 Å². The lowest BCUT2D eigenvalue weighted by Gasteiger charge is -2.29. The Labute approximate surface area is 361 Å². The molecule has 0 amide bonds. The molecule has 1 aliphatic carbocycles. The van der Waals surface area contributed by atoms with Gasteiger partial charge in [0.25, 0.3) is 0 Å². The molecule has 2 heterocycles. The van der Waals surface area contributed by atoms with Crippen molar-refractivity contribution in [3.8, 4) is 0 Å². The first-order valence-electron chi connectivity index (χ1n) is 21.9. The third-order valence-corrected chi connectivity index (χ3v) is 11.6. The first kappa shape index (κ1) is 47.4. The van der Waals surface area contributed by atoms with Crippen LogP contribution < -0.4 is 4.90 Å². The third kappa shape index (κ3) is 12.3. The highest BCUT2D eigenvalue weighted by Gasteiger charge is 2.44. The Morgan fingerprint density at radius 3 is 1.93 bits per heavy atom. The van der Waals surface area contributed by atoms with Gasteiger partial charge in [-0.25, -0.2) is 0 Å². The molecule has 0 bridgehead atoms. The standard InChI is InChI=1S/C50H75N3O7/c1-38-15-19-44-42(35-38)49(3,4)46(51(44)23-25-56-31-33-58-29-27-54-10)21-17-40-13-12-14-41(48(40)60-37-53(7,8)9)18-22-47-50(5,6)43-36-39(2)16-20-45(43)52(47)24-26-57-32-34-59-30-28-55-11/h15-22,35-36H,12-14,23-34,37H2,1-11H3/q+2. The van der Waals surface area contributed by atoms with Gasteiger partial charge in [-0.3, -0.25) is 4.48 Å². The topological polar surface area (TPSA) is 70.9 Å². The van der Waals surface area contributed by atoms with E-state index in [0.717, 1.165) is 38.1 Å². The lowest BCUT2D eigenvalue weighted by molar-refractivity contribution is -0.889. The summed E-state index contributed by atoms with van der Waals surface area (Å²) in [6.45, 7) is 21.5. The predicted molar refractivity (Wildman–Crippen MR) is 243 cm³/mol. The fourth-order valence-corrected chi connectivity index (χ4v) is 8.32. The zero-order chi connectivity index (χ0) is 43.3. The molecule has 0 fully saturated rings. The Kier molecular flexibility index (Phi) is 17.4. The lowest BCUT2D eigenvalue weighted by atomic mass is 9.80. The zero-order valence-electron chi connectivity index (χ0n) is 38.8. The number of hydrogen-bond donors (Lipinski definition) is 0. The second-order valence-electron chi connectivity index (χ2n) is 18.3. The van der Waals surface area contributed by atoms with Crippen LogP contribution in [0.1, 0.15) is 69.2 Å². The molecular formula is C50H75N3O7+2. The Hall–Kier alpha value is -3.61. The summed E-state index contributed by atoms with van der Waals surface area (Å²) < 4.78 is 43.6. The summed E-state index contributed by atoms with van der Waals surface area (Å²) >= 11 is 0. The summed E-state index contributed by atoms with van der Waals surface area (Å²) in [4.78, 5) is 2.45. The van der Waals surface area contributed by atoms with Gasteiger partial charge >= 0.3 is 0 Å². The van der Waals surface area contributed by atoms with Crippen molar-refractivity contribution >= 4 is 17.1 Å². The zero-order valence-corrected chi connectivity index (χ0v) is 38.8. The van der Waals surface area contributed by atoms with Gasteiger partial charge in [-0.05, 0) is 88.0 Å². The van der Waals surface area contributed by atoms with Crippen molar-refractivity contribution in [2.24, 2.45) is 0 Å². The predicted octanol–water partition coefficient (Wildman–Crippen LogP) is 8.32. The Bertz CT molecular complexity index is 1900. The molecule has 5 rings (SSSR count). The number of fused-ring (bicyclic) bond motifs is 2. The maximum Gasteiger partial charge on any atom is 0.223 e. The van der Waals surface area contributed by atoms with Gasteiger partial charge in [0.05, 0.1) is 86.0 Å². The van der Waals surface area contributed by atoms with E-state index in [1.165, 1.54) is 56.2 Å². The number of ether oxygens (including phenoxy) is 7. The number of allylic oxidation sites excluding steroid dienone is 7. The minimum absolute atomic E-state index is 0.186. The maximum atomic E-state index is 6.86. The van der Waals surface area contributed by atoms with Gasteiger partial charge in [-0.2, -0.15) is 4.58 Å². The van der Waals surface area contributed by atoms with Crippen LogP contribution in [-0.2, 0) is 44.0 Å². The van der Waals surface area contributed by atoms with Gasteiger partial charge in [0.1, 0.15) is 12.4 Å². The Morgan fingerprint density at radius 2 is 1.28 bits per heavy atom. The van der Waals surface area contributed by atoms with E-state index in [-0.39, 0.29) is 10.8 Å². The molecule has 0 N–H and O–H groups in total. The van der Waals surface area contributed by atoms with Crippen LogP contribution in [-0.4, -0.2) is 136 Å². The normalized spacial score (nSPS) is 18.8. The average molecular weight is 830 g/mol. The van der Waals surface area contributed by atoms with Crippen LogP contribution in [0.2, 0.25) is 0 Å². The molecule has 60 heavy (non-hydrogen) atoms. The van der Waals surface area contributed by atoms with Crippen molar-refractivity contribution in [3.05, 3.63) is 106 Å². The third-order valence-electron chi connectivity index (χ3n) is 11.6. The van der Waals surface area contributed by atoms with Crippen molar-refractivity contribution in [2.75, 3.05) is 126 Å². The molecule has 0 unspecified atom stereocenters. The molecule has 0 saturated carbocycles. The number of benzene rings is 2. The molecule has 2 aliphatic heterocycles. The molecule has 0 aromatic heterocycles. The number of quaternary nitrogens is 1. The largest absolute Gasteiger partial charge is 0.445 e. The smallest absolute Gasteiger partial charge is 0.223 e. The van der Waals surface area contributed by atoms with E-state index in [9.17, 15) is 0 Å². The molecule has 10 heteroatoms. The summed E-state index contributed by atoms with van der Waals surface area (Å²) in [6.07, 6.45) is 12.3. The van der Waals surface area contributed by atoms with Crippen LogP contribution >= 0.6 is 0 Å². The van der Waals surface area contributed by atoms with E-state index in [1.807, 2.05) is 0 Å². The van der Waals surface area contributed by atoms with Gasteiger partial charge in [-0.1, -0.05) is 49.2 Å². The monoisotopic (exact) mass is 830 g/mol. The molecule has 2 aromatic carbocycles. The van der Waals surface area contributed by atoms with Crippen molar-refractivity contribution in [1.29, 1.82) is 0 Å². The van der Waals surface area contributed by atoms with Crippen LogP contribution in [0, 0.1) is 13.8 Å². The van der Waals surface area contributed by atoms with E-state index >= 15 is 0 Å². The highest BCUT2D eigenvalue weighted by atomic mass is 16.5. The number of rotatable bonds is 24. The van der Waals surface area contributed by atoms with Crippen LogP contribution in [0.5, 0.6) is 0 Å². The fraction of sp³-hybridized carbons (Fsp3) is 0.580. The lowest BCUT2D eigenvalue weighted by Crippen LogP contribution is -2.36. The van der Waals surface area contributed by atoms with E-state index < -0.39 is 0 Å². The van der Waals surface area contributed by atoms with Crippen LogP contribution in [0.15, 0.2) is 83.3 Å². The molecule has 0 radical (unpaired) electrons. The summed E-state index contributed by atoms with van der Waals surface area (Å²) in [5.41, 5.74) is 12.4. The molecular weight excluding hydrogens is 755 g/mol. The minimum Gasteiger partial charge on any atom is -0.445 e. The summed E-state index contributed by atoms with van der Waals surface area (Å²) in [6, 6.07) is 13.6. The van der Waals surface area contributed by atoms with Gasteiger partial charge in [0, 0.05) is 55.3 Å². The number of anilines is 1. The number of hydrogen-bond acceptors (Lipinski definition) is 8. The van der Waals surface area contributed by atoms with Gasteiger partial charge in [0.15, 0.2) is 12.3 Å². The quantitative estimate of drug-likeness (QED) is 0.0453. The second kappa shape index (κ2) is 22.0. The molecule has 3 aliphatic rings. The number of methoxy groups -OCH3 is 2. The van der Waals surface area contributed by atoms with E-state index in [4.69, 9.17) is 33.2 Å². The van der Waals surface area contributed by atoms with E-state index in [0.29, 0.717) is 77.3 Å². The summed E-state index contributed by atoms with van der Waals surface area (Å²) in [5.74, 6) is 1.00. The number of nitrogens with zero attached hydrogens (tertiary/aromatic N) is 3. The van der Waals surface area contributed by atoms with Crippen LogP contribution in [0.25, 0.3) is 0 Å². The molecule has 2 aromatic rings. The van der Waals surface area contributed by atoms with Gasteiger partial charge in [-0.15, -0.1) is 0 Å². The molecule has 10 nitrogen and oxygen atoms in total. The van der Waals surface area contributed by atoms with Gasteiger partial charge in [0.2, 0.25) is 12.4 Å². The van der Waals surface area contributed by atoms with Crippen LogP contribution in [0.4, 0.5) is 11.4 Å². The SMILES string of the molecule is COCCOCCOCCN1/C(=C/C=C2\CCCC(/C=C/C3=[N+](CCOCCOCCOC)c4ccc(C)cc4C3(C)C)=C2OC[N+](C)(C)C)C(C)(C)c2cc(C)ccc21. The van der Waals surface area contributed by atoms with Crippen molar-refractivity contribution in [1.82, 2.24) is 0 Å². The second-order valence-corrected chi connectivity index (χ2v) is 18.3. The Balaban J connectivity index is 1.46. The average Bonchev–Trinajstić information content (AvgIpc) is 3.54. The van der Waals surface area contributed by atoms with E-state index in [2.05, 4.69) is 133 Å². The number of aryl methyl sites for hydroxylation is 2. The van der Waals surface area contributed by atoms with Crippen molar-refractivity contribution < 1.29 is 42.2 Å². The first-order valence-corrected chi connectivity index (χ1v) is 21.9. The Morgan fingerprint density at radius 1 is 0.683 bits per heavy atom. The van der Waals surface area contributed by atoms with E-state index in [1.54, 1.807) is 14.2 Å². The highest BCUT2D eigenvalue weighted by molar-refractivity contribution is 6.03. The molecule has 330 valence electrons. The maximum absolute atomic E-state index is 6.86. The minimum atomic E-state index is -0.186. The molecule has 0 atom stereocenters. The van der Waals surface area contributed by atoms with Crippen LogP contribution in [0.3, 0.4) is 0 Å². The van der Waals surface area contributed by atoms with Gasteiger partial charge < -0.3 is 38.1 Å². The highest BCUT2D eigenvalue weighted by Crippen LogP contribution is 2.48. The summed E-state index contributed by atoms with van der Waals surface area (Å²) in [5, 5.41) is 0. The first-order chi connectivity index (χ1) is 28.7. The van der Waals surface area contributed by atoms with Crippen molar-refractivity contribution in [2.45, 2.75) is 71.6 Å². The summed E-state index contributed by atoms with van der Waals surface area (Å²) in [7, 11) is 9.91. The molecule has 0 saturated heterocycles. The molecule has 0 spiro atoms. The fourth-order valence-electron chi connectivity index (χ4n) is 8.32.